The van der Waals surface area contributed by atoms with E-state index in [9.17, 15) is 29.1 Å². The first-order valence-electron chi connectivity index (χ1n) is 9.92. The molecule has 1 aromatic heterocycles. The van der Waals surface area contributed by atoms with E-state index in [4.69, 9.17) is 11.5 Å². The Morgan fingerprint density at radius 1 is 1.06 bits per heavy atom. The zero-order chi connectivity index (χ0) is 24.5. The molecule has 13 heteroatoms. The van der Waals surface area contributed by atoms with Gasteiger partial charge in [0.2, 0.25) is 23.6 Å². The fourth-order valence-electron chi connectivity index (χ4n) is 3.03. The summed E-state index contributed by atoms with van der Waals surface area (Å²) in [6, 6.07) is 3.61. The van der Waals surface area contributed by atoms with E-state index in [2.05, 4.69) is 33.6 Å². The SMILES string of the molecule is NC(=O)CC(NC(=O)C(Cc1c[nH]c2ccccc12)NC(=O)CNC(=O)C(N)CS)C(=O)O. The number of thiol groups is 1. The largest absolute Gasteiger partial charge is 0.480 e. The average molecular weight is 479 g/mol. The molecule has 178 valence electrons. The number of carboxylic acid groups (broad SMARTS) is 1. The molecule has 0 saturated heterocycles. The van der Waals surface area contributed by atoms with Crippen molar-refractivity contribution in [3.05, 3.63) is 36.0 Å². The highest BCUT2D eigenvalue weighted by Gasteiger charge is 2.28. The third kappa shape index (κ3) is 7.50. The van der Waals surface area contributed by atoms with E-state index in [1.807, 2.05) is 18.2 Å². The molecule has 4 amide bonds. The minimum absolute atomic E-state index is 0.00853. The molecule has 0 spiro atoms. The predicted molar refractivity (Wildman–Crippen MR) is 122 cm³/mol. The zero-order valence-corrected chi connectivity index (χ0v) is 18.4. The van der Waals surface area contributed by atoms with E-state index in [1.165, 1.54) is 0 Å². The van der Waals surface area contributed by atoms with Gasteiger partial charge in [-0.1, -0.05) is 18.2 Å². The molecular formula is C20H26N6O6S. The zero-order valence-electron chi connectivity index (χ0n) is 17.5. The highest BCUT2D eigenvalue weighted by atomic mass is 32.1. The average Bonchev–Trinajstić information content (AvgIpc) is 3.18. The first-order valence-corrected chi connectivity index (χ1v) is 10.6. The number of aromatic nitrogens is 1. The molecule has 1 heterocycles. The topological polar surface area (TPSA) is 209 Å². The Kier molecular flexibility index (Phi) is 9.24. The number of carbonyl (C=O) groups excluding carboxylic acids is 4. The highest BCUT2D eigenvalue weighted by molar-refractivity contribution is 7.80. The lowest BCUT2D eigenvalue weighted by Crippen LogP contribution is -2.55. The summed E-state index contributed by atoms with van der Waals surface area (Å²) in [6.45, 7) is -0.457. The maximum Gasteiger partial charge on any atom is 0.326 e. The summed E-state index contributed by atoms with van der Waals surface area (Å²) >= 11 is 3.91. The maximum atomic E-state index is 12.9. The van der Waals surface area contributed by atoms with Crippen LogP contribution >= 0.6 is 12.6 Å². The van der Waals surface area contributed by atoms with Crippen LogP contribution in [0.2, 0.25) is 0 Å². The normalized spacial score (nSPS) is 13.5. The summed E-state index contributed by atoms with van der Waals surface area (Å²) in [4.78, 5) is 62.6. The Hall–Kier alpha value is -3.58. The first-order chi connectivity index (χ1) is 15.6. The van der Waals surface area contributed by atoms with Crippen molar-refractivity contribution >= 4 is 53.1 Å². The Labute approximate surface area is 194 Å². The highest BCUT2D eigenvalue weighted by Crippen LogP contribution is 2.19. The molecule has 2 rings (SSSR count). The number of fused-ring (bicyclic) bond motifs is 1. The van der Waals surface area contributed by atoms with Crippen LogP contribution in [0.5, 0.6) is 0 Å². The molecule has 1 aromatic carbocycles. The number of nitrogens with one attached hydrogen (secondary N) is 4. The standard InChI is InChI=1S/C20H26N6O6S/c21-12(9-33)18(29)24-8-17(28)25-14(19(30)26-15(20(31)32)6-16(22)27)5-10-7-23-13-4-2-1-3-11(10)13/h1-4,7,12,14-15,23,33H,5-6,8-9,21H2,(H2,22,27)(H,24,29)(H,25,28)(H,26,30)(H,31,32). The van der Waals surface area contributed by atoms with Gasteiger partial charge in [0.05, 0.1) is 19.0 Å². The minimum Gasteiger partial charge on any atom is -0.480 e. The van der Waals surface area contributed by atoms with Gasteiger partial charge in [0.1, 0.15) is 12.1 Å². The predicted octanol–water partition coefficient (Wildman–Crippen LogP) is -1.99. The Bertz CT molecular complexity index is 1040. The van der Waals surface area contributed by atoms with Crippen molar-refractivity contribution in [3.8, 4) is 0 Å². The van der Waals surface area contributed by atoms with Crippen LogP contribution in [-0.4, -0.2) is 70.1 Å². The van der Waals surface area contributed by atoms with E-state index in [-0.39, 0.29) is 12.2 Å². The number of aromatic amines is 1. The molecule has 0 bridgehead atoms. The van der Waals surface area contributed by atoms with Gasteiger partial charge in [-0.3, -0.25) is 19.2 Å². The van der Waals surface area contributed by atoms with E-state index < -0.39 is 60.7 Å². The second kappa shape index (κ2) is 11.9. The van der Waals surface area contributed by atoms with E-state index in [0.29, 0.717) is 5.56 Å². The Morgan fingerprint density at radius 2 is 1.76 bits per heavy atom. The molecule has 2 aromatic rings. The second-order valence-electron chi connectivity index (χ2n) is 7.26. The van der Waals surface area contributed by atoms with Gasteiger partial charge in [0.25, 0.3) is 0 Å². The number of benzene rings is 1. The number of H-pyrrole nitrogens is 1. The van der Waals surface area contributed by atoms with Crippen LogP contribution in [-0.2, 0) is 30.4 Å². The molecule has 3 unspecified atom stereocenters. The molecular weight excluding hydrogens is 452 g/mol. The molecule has 0 aliphatic rings. The van der Waals surface area contributed by atoms with Crippen LogP contribution in [0.1, 0.15) is 12.0 Å². The summed E-state index contributed by atoms with van der Waals surface area (Å²) < 4.78 is 0. The molecule has 0 aliphatic carbocycles. The molecule has 9 N–H and O–H groups in total. The van der Waals surface area contributed by atoms with E-state index in [0.717, 1.165) is 10.9 Å². The summed E-state index contributed by atoms with van der Waals surface area (Å²) in [7, 11) is 0. The van der Waals surface area contributed by atoms with Crippen molar-refractivity contribution in [2.75, 3.05) is 12.3 Å². The van der Waals surface area contributed by atoms with Crippen molar-refractivity contribution in [1.82, 2.24) is 20.9 Å². The van der Waals surface area contributed by atoms with E-state index in [1.54, 1.807) is 12.3 Å². The fourth-order valence-corrected chi connectivity index (χ4v) is 3.20. The number of carbonyl (C=O) groups is 5. The number of nitrogens with two attached hydrogens (primary N) is 2. The second-order valence-corrected chi connectivity index (χ2v) is 7.63. The molecule has 0 radical (unpaired) electrons. The lowest BCUT2D eigenvalue weighted by atomic mass is 10.0. The third-order valence-corrected chi connectivity index (χ3v) is 5.12. The van der Waals surface area contributed by atoms with Crippen LogP contribution < -0.4 is 27.4 Å². The maximum absolute atomic E-state index is 12.9. The van der Waals surface area contributed by atoms with Gasteiger partial charge in [-0.05, 0) is 11.6 Å². The van der Waals surface area contributed by atoms with Gasteiger partial charge in [-0.25, -0.2) is 4.79 Å². The van der Waals surface area contributed by atoms with Crippen LogP contribution in [0.15, 0.2) is 30.5 Å². The molecule has 0 fully saturated rings. The summed E-state index contributed by atoms with van der Waals surface area (Å²) in [6.07, 6.45) is 1.06. The van der Waals surface area contributed by atoms with Crippen LogP contribution in [0.4, 0.5) is 0 Å². The monoisotopic (exact) mass is 478 g/mol. The number of amides is 4. The third-order valence-electron chi connectivity index (χ3n) is 4.73. The Morgan fingerprint density at radius 3 is 2.39 bits per heavy atom. The number of rotatable bonds is 12. The summed E-state index contributed by atoms with van der Waals surface area (Å²) in [5.74, 6) is -4.41. The Balaban J connectivity index is 2.18. The lowest BCUT2D eigenvalue weighted by Gasteiger charge is -2.21. The first kappa shape index (κ1) is 25.7. The number of carboxylic acids is 1. The number of para-hydroxylation sites is 1. The van der Waals surface area contributed by atoms with Crippen molar-refractivity contribution in [1.29, 1.82) is 0 Å². The number of hydrogen-bond donors (Lipinski definition) is 8. The van der Waals surface area contributed by atoms with Crippen LogP contribution in [0, 0.1) is 0 Å². The van der Waals surface area contributed by atoms with Crippen LogP contribution in [0.3, 0.4) is 0 Å². The van der Waals surface area contributed by atoms with Crippen LogP contribution in [0.25, 0.3) is 10.9 Å². The van der Waals surface area contributed by atoms with Gasteiger partial charge in [0.15, 0.2) is 0 Å². The summed E-state index contributed by atoms with van der Waals surface area (Å²) in [5.41, 5.74) is 12.1. The molecule has 33 heavy (non-hydrogen) atoms. The number of hydrogen-bond acceptors (Lipinski definition) is 7. The number of aliphatic carboxylic acids is 1. The van der Waals surface area contributed by atoms with Gasteiger partial charge in [-0.15, -0.1) is 0 Å². The van der Waals surface area contributed by atoms with Gasteiger partial charge < -0.3 is 37.5 Å². The van der Waals surface area contributed by atoms with Crippen molar-refractivity contribution < 1.29 is 29.1 Å². The summed E-state index contributed by atoms with van der Waals surface area (Å²) in [5, 5.41) is 17.1. The lowest BCUT2D eigenvalue weighted by molar-refractivity contribution is -0.143. The van der Waals surface area contributed by atoms with Gasteiger partial charge >= 0.3 is 5.97 Å². The molecule has 0 aliphatic heterocycles. The smallest absolute Gasteiger partial charge is 0.326 e. The minimum atomic E-state index is -1.56. The van der Waals surface area contributed by atoms with Gasteiger partial charge in [-0.2, -0.15) is 12.6 Å². The quantitative estimate of drug-likeness (QED) is 0.161. The van der Waals surface area contributed by atoms with Crippen molar-refractivity contribution in [2.24, 2.45) is 11.5 Å². The molecule has 3 atom stereocenters. The van der Waals surface area contributed by atoms with Crippen molar-refractivity contribution in [2.45, 2.75) is 31.0 Å². The van der Waals surface area contributed by atoms with E-state index >= 15 is 0 Å². The molecule has 0 saturated carbocycles. The number of primary amides is 1. The van der Waals surface area contributed by atoms with Gasteiger partial charge in [0, 0.05) is 29.3 Å². The fraction of sp³-hybridized carbons (Fsp3) is 0.350. The molecule has 12 nitrogen and oxygen atoms in total. The van der Waals surface area contributed by atoms with Crippen molar-refractivity contribution in [3.63, 3.8) is 0 Å².